The number of hydrogen-bond donors (Lipinski definition) is 2. The zero-order chi connectivity index (χ0) is 27.4. The van der Waals surface area contributed by atoms with Crippen molar-refractivity contribution in [1.82, 2.24) is 0 Å². The van der Waals surface area contributed by atoms with Crippen LogP contribution in [-0.4, -0.2) is 16.5 Å². The molecule has 0 radical (unpaired) electrons. The van der Waals surface area contributed by atoms with Crippen molar-refractivity contribution in [2.24, 2.45) is 0 Å². The quantitative estimate of drug-likeness (QED) is 0.213. The molecule has 0 atom stereocenters. The maximum Gasteiger partial charge on any atom is 0.214 e. The Balaban J connectivity index is 1.51. The van der Waals surface area contributed by atoms with Gasteiger partial charge in [-0.3, -0.25) is 0 Å². The van der Waals surface area contributed by atoms with Crippen LogP contribution in [0.25, 0.3) is 10.8 Å². The first kappa shape index (κ1) is 25.9. The van der Waals surface area contributed by atoms with Gasteiger partial charge in [0.05, 0.1) is 0 Å². The van der Waals surface area contributed by atoms with E-state index in [4.69, 9.17) is 0 Å². The smallest absolute Gasteiger partial charge is 0.214 e. The highest BCUT2D eigenvalue weighted by atomic mass is 28.3. The van der Waals surface area contributed by atoms with Crippen molar-refractivity contribution in [3.63, 3.8) is 0 Å². The van der Waals surface area contributed by atoms with Gasteiger partial charge < -0.3 is 9.96 Å². The van der Waals surface area contributed by atoms with Crippen LogP contribution < -0.4 is 30.7 Å². The fourth-order valence-electron chi connectivity index (χ4n) is 5.80. The summed E-state index contributed by atoms with van der Waals surface area (Å²) >= 11 is 0. The van der Waals surface area contributed by atoms with Gasteiger partial charge in [0.2, 0.25) is 16.5 Å². The Morgan fingerprint density at radius 3 is 0.950 bits per heavy atom. The number of nitrogens with one attached hydrogen (secondary N) is 2. The maximum atomic E-state index is 4.15. The van der Waals surface area contributed by atoms with Crippen molar-refractivity contribution in [3.8, 4) is 0 Å². The van der Waals surface area contributed by atoms with E-state index in [1.807, 2.05) is 0 Å². The summed E-state index contributed by atoms with van der Waals surface area (Å²) in [6, 6.07) is 57.0. The topological polar surface area (TPSA) is 24.1 Å². The third kappa shape index (κ3) is 4.88. The van der Waals surface area contributed by atoms with E-state index in [1.165, 1.54) is 42.9 Å². The van der Waals surface area contributed by atoms with E-state index in [1.54, 1.807) is 0 Å². The van der Waals surface area contributed by atoms with Crippen molar-refractivity contribution >= 4 is 59.4 Å². The number of rotatable bonds is 8. The minimum absolute atomic E-state index is 1.17. The van der Waals surface area contributed by atoms with Gasteiger partial charge in [-0.25, -0.2) is 0 Å². The summed E-state index contributed by atoms with van der Waals surface area (Å²) in [5, 5.41) is 7.90. The molecule has 40 heavy (non-hydrogen) atoms. The predicted octanol–water partition coefficient (Wildman–Crippen LogP) is 6.44. The average molecular weight is 551 g/mol. The lowest BCUT2D eigenvalue weighted by Gasteiger charge is -2.33. The molecule has 0 fully saturated rings. The Kier molecular flexibility index (Phi) is 7.12. The number of hydrogen-bond acceptors (Lipinski definition) is 2. The molecular formula is C36H34N2Si2. The van der Waals surface area contributed by atoms with Gasteiger partial charge in [-0.1, -0.05) is 146 Å². The molecule has 0 aliphatic carbocycles. The Morgan fingerprint density at radius 1 is 0.350 bits per heavy atom. The molecule has 0 aliphatic heterocycles. The molecule has 0 spiro atoms. The van der Waals surface area contributed by atoms with Gasteiger partial charge in [0.25, 0.3) is 0 Å². The molecule has 6 aromatic rings. The monoisotopic (exact) mass is 550 g/mol. The van der Waals surface area contributed by atoms with Crippen molar-refractivity contribution < 1.29 is 0 Å². The molecule has 0 saturated carbocycles. The van der Waals surface area contributed by atoms with Gasteiger partial charge in [-0.05, 0) is 51.4 Å². The molecular weight excluding hydrogens is 517 g/mol. The van der Waals surface area contributed by atoms with Crippen LogP contribution in [0.15, 0.2) is 158 Å². The summed E-state index contributed by atoms with van der Waals surface area (Å²) in [5.74, 6) is 0. The molecule has 196 valence electrons. The summed E-state index contributed by atoms with van der Waals surface area (Å²) in [4.78, 5) is 8.30. The molecule has 0 bridgehead atoms. The van der Waals surface area contributed by atoms with Crippen LogP contribution in [0.2, 0.25) is 13.1 Å². The highest BCUT2D eigenvalue weighted by Gasteiger charge is 2.35. The molecule has 0 heterocycles. The highest BCUT2D eigenvalue weighted by molar-refractivity contribution is 7.04. The fraction of sp³-hybridized carbons (Fsp3) is 0.0556. The van der Waals surface area contributed by atoms with Gasteiger partial charge in [0, 0.05) is 16.8 Å². The Labute approximate surface area is 239 Å². The Morgan fingerprint density at radius 2 is 0.650 bits per heavy atom. The van der Waals surface area contributed by atoms with Crippen LogP contribution in [0.3, 0.4) is 0 Å². The summed E-state index contributed by atoms with van der Waals surface area (Å²) in [6.45, 7) is 4.83. The molecule has 0 saturated heterocycles. The van der Waals surface area contributed by atoms with Crippen molar-refractivity contribution in [2.45, 2.75) is 13.1 Å². The lowest BCUT2D eigenvalue weighted by Crippen LogP contribution is -2.62. The van der Waals surface area contributed by atoms with Crippen LogP contribution in [0.1, 0.15) is 0 Å². The van der Waals surface area contributed by atoms with E-state index in [0.717, 1.165) is 0 Å². The van der Waals surface area contributed by atoms with E-state index in [2.05, 4.69) is 181 Å². The van der Waals surface area contributed by atoms with Gasteiger partial charge in [-0.15, -0.1) is 0 Å². The predicted molar refractivity (Wildman–Crippen MR) is 179 cm³/mol. The van der Waals surface area contributed by atoms with E-state index in [-0.39, 0.29) is 0 Å². The number of anilines is 2. The molecule has 2 N–H and O–H groups in total. The molecule has 0 amide bonds. The lowest BCUT2D eigenvalue weighted by atomic mass is 10.1. The largest absolute Gasteiger partial charge is 0.403 e. The van der Waals surface area contributed by atoms with Crippen LogP contribution in [0, 0.1) is 0 Å². The van der Waals surface area contributed by atoms with Gasteiger partial charge in [0.15, 0.2) is 0 Å². The highest BCUT2D eigenvalue weighted by Crippen LogP contribution is 2.33. The Bertz CT molecular complexity index is 1500. The summed E-state index contributed by atoms with van der Waals surface area (Å²) in [5.41, 5.74) is 2.33. The first-order valence-corrected chi connectivity index (χ1v) is 18.9. The second-order valence-electron chi connectivity index (χ2n) is 10.7. The third-order valence-corrected chi connectivity index (χ3v) is 15.6. The zero-order valence-electron chi connectivity index (χ0n) is 23.0. The molecule has 6 rings (SSSR count). The van der Waals surface area contributed by atoms with Gasteiger partial charge in [-0.2, -0.15) is 0 Å². The average Bonchev–Trinajstić information content (AvgIpc) is 3.03. The first-order chi connectivity index (χ1) is 19.6. The SMILES string of the molecule is C[Si](Nc1cccc2cccc(N[Si](C)(c3ccccc3)c3ccccc3)c12)(c1ccccc1)c1ccccc1. The number of fused-ring (bicyclic) bond motifs is 1. The molecule has 6 aromatic carbocycles. The van der Waals surface area contributed by atoms with E-state index < -0.39 is 16.5 Å². The summed E-state index contributed by atoms with van der Waals surface area (Å²) in [6.07, 6.45) is 0. The second-order valence-corrected chi connectivity index (χ2v) is 18.0. The lowest BCUT2D eigenvalue weighted by molar-refractivity contribution is 1.59. The fourth-order valence-corrected chi connectivity index (χ4v) is 12.0. The summed E-state index contributed by atoms with van der Waals surface area (Å²) in [7, 11) is -4.67. The van der Waals surface area contributed by atoms with E-state index in [9.17, 15) is 0 Å². The zero-order valence-corrected chi connectivity index (χ0v) is 25.0. The van der Waals surface area contributed by atoms with Crippen LogP contribution in [0.5, 0.6) is 0 Å². The minimum atomic E-state index is -2.34. The van der Waals surface area contributed by atoms with Crippen molar-refractivity contribution in [3.05, 3.63) is 158 Å². The van der Waals surface area contributed by atoms with Crippen molar-refractivity contribution in [1.29, 1.82) is 0 Å². The molecule has 4 heteroatoms. The maximum absolute atomic E-state index is 4.15. The van der Waals surface area contributed by atoms with Gasteiger partial charge in [0.1, 0.15) is 0 Å². The normalized spacial score (nSPS) is 11.8. The minimum Gasteiger partial charge on any atom is -0.403 e. The molecule has 0 aromatic heterocycles. The van der Waals surface area contributed by atoms with E-state index in [0.29, 0.717) is 0 Å². The third-order valence-electron chi connectivity index (χ3n) is 8.08. The first-order valence-electron chi connectivity index (χ1n) is 13.9. The summed E-state index contributed by atoms with van der Waals surface area (Å²) < 4.78 is 0. The Hall–Kier alpha value is -4.39. The second kappa shape index (κ2) is 11.0. The molecule has 0 aliphatic rings. The number of benzene rings is 6. The van der Waals surface area contributed by atoms with Crippen LogP contribution in [-0.2, 0) is 0 Å². The van der Waals surface area contributed by atoms with Crippen LogP contribution in [0.4, 0.5) is 11.4 Å². The standard InChI is InChI=1S/C36H34N2Si2/c1-39(30-19-7-3-8-20-30,31-21-9-4-10-22-31)37-34-27-15-17-29-18-16-28-35(36(29)34)38-40(2,32-23-11-5-12-24-32)33-25-13-6-14-26-33/h3-28,37-38H,1-2H3. The van der Waals surface area contributed by atoms with Crippen molar-refractivity contribution in [2.75, 3.05) is 9.96 Å². The van der Waals surface area contributed by atoms with Crippen LogP contribution >= 0.6 is 0 Å². The molecule has 0 unspecified atom stereocenters. The van der Waals surface area contributed by atoms with Gasteiger partial charge >= 0.3 is 0 Å². The van der Waals surface area contributed by atoms with E-state index >= 15 is 0 Å². The molecule has 2 nitrogen and oxygen atoms in total.